The fraction of sp³-hybridized carbons (Fsp3) is 0.647. The molecule has 0 aliphatic rings. The highest BCUT2D eigenvalue weighted by Gasteiger charge is 2.10. The van der Waals surface area contributed by atoms with Crippen LogP contribution in [0.4, 0.5) is 0 Å². The number of unbranched alkanes of at least 4 members (excludes halogenated alkanes) is 5. The van der Waals surface area contributed by atoms with Crippen molar-refractivity contribution in [3.05, 3.63) is 29.3 Å². The maximum Gasteiger partial charge on any atom is 0.119 e. The summed E-state index contributed by atoms with van der Waals surface area (Å²) in [5.41, 5.74) is 2.71. The first-order valence-electron chi connectivity index (χ1n) is 7.47. The van der Waals surface area contributed by atoms with Crippen LogP contribution >= 0.6 is 15.9 Å². The van der Waals surface area contributed by atoms with E-state index in [1.54, 1.807) is 7.11 Å². The van der Waals surface area contributed by atoms with Gasteiger partial charge in [0.25, 0.3) is 0 Å². The minimum absolute atomic E-state index is 0.476. The summed E-state index contributed by atoms with van der Waals surface area (Å²) in [6.45, 7) is 4.42. The summed E-state index contributed by atoms with van der Waals surface area (Å²) < 4.78 is 5.25. The van der Waals surface area contributed by atoms with E-state index >= 15 is 0 Å². The van der Waals surface area contributed by atoms with Gasteiger partial charge in [-0.05, 0) is 36.6 Å². The van der Waals surface area contributed by atoms with E-state index in [1.807, 2.05) is 0 Å². The smallest absolute Gasteiger partial charge is 0.119 e. The van der Waals surface area contributed by atoms with Crippen molar-refractivity contribution in [2.75, 3.05) is 7.11 Å². The summed E-state index contributed by atoms with van der Waals surface area (Å²) in [5, 5.41) is 0. The van der Waals surface area contributed by atoms with Gasteiger partial charge < -0.3 is 4.74 Å². The Morgan fingerprint density at radius 1 is 1.11 bits per heavy atom. The van der Waals surface area contributed by atoms with Crippen LogP contribution in [-0.4, -0.2) is 7.11 Å². The van der Waals surface area contributed by atoms with Crippen molar-refractivity contribution in [2.45, 2.75) is 63.6 Å². The first-order valence-corrected chi connectivity index (χ1v) is 8.39. The third-order valence-corrected chi connectivity index (χ3v) is 4.58. The molecule has 0 aliphatic carbocycles. The largest absolute Gasteiger partial charge is 0.497 e. The van der Waals surface area contributed by atoms with Crippen LogP contribution in [0.5, 0.6) is 5.75 Å². The average molecular weight is 327 g/mol. The first-order chi connectivity index (χ1) is 9.19. The molecule has 0 radical (unpaired) electrons. The van der Waals surface area contributed by atoms with Crippen molar-refractivity contribution in [3.8, 4) is 5.75 Å². The lowest BCUT2D eigenvalue weighted by atomic mass is 10.0. The number of ether oxygens (including phenoxy) is 1. The number of halogens is 1. The highest BCUT2D eigenvalue weighted by atomic mass is 79.9. The Morgan fingerprint density at radius 3 is 2.42 bits per heavy atom. The minimum atomic E-state index is 0.476. The molecular weight excluding hydrogens is 300 g/mol. The van der Waals surface area contributed by atoms with Gasteiger partial charge in [0, 0.05) is 4.83 Å². The number of aryl methyl sites for hydroxylation is 1. The number of methoxy groups -OCH3 is 1. The Hall–Kier alpha value is -0.500. The number of hydrogen-bond donors (Lipinski definition) is 0. The lowest BCUT2D eigenvalue weighted by Gasteiger charge is -2.14. The molecule has 108 valence electrons. The summed E-state index contributed by atoms with van der Waals surface area (Å²) in [5.74, 6) is 0.945. The Bertz CT molecular complexity index is 362. The van der Waals surface area contributed by atoms with Gasteiger partial charge in [0.1, 0.15) is 5.75 Å². The lowest BCUT2D eigenvalue weighted by molar-refractivity contribution is 0.414. The highest BCUT2D eigenvalue weighted by Crippen LogP contribution is 2.32. The first kappa shape index (κ1) is 16.6. The van der Waals surface area contributed by atoms with Crippen LogP contribution in [-0.2, 0) is 0 Å². The molecule has 2 heteroatoms. The van der Waals surface area contributed by atoms with Crippen LogP contribution in [0.25, 0.3) is 0 Å². The Balaban J connectivity index is 2.34. The van der Waals surface area contributed by atoms with Crippen LogP contribution in [0.2, 0.25) is 0 Å². The molecule has 0 bridgehead atoms. The summed E-state index contributed by atoms with van der Waals surface area (Å²) in [6.07, 6.45) is 9.38. The van der Waals surface area contributed by atoms with Gasteiger partial charge in [0.2, 0.25) is 0 Å². The van der Waals surface area contributed by atoms with Gasteiger partial charge in [-0.3, -0.25) is 0 Å². The summed E-state index contributed by atoms with van der Waals surface area (Å²) in [6, 6.07) is 6.35. The van der Waals surface area contributed by atoms with E-state index in [9.17, 15) is 0 Å². The Kier molecular flexibility index (Phi) is 8.20. The van der Waals surface area contributed by atoms with Crippen molar-refractivity contribution in [3.63, 3.8) is 0 Å². The molecule has 0 saturated heterocycles. The topological polar surface area (TPSA) is 9.23 Å². The predicted molar refractivity (Wildman–Crippen MR) is 87.4 cm³/mol. The van der Waals surface area contributed by atoms with E-state index in [4.69, 9.17) is 4.74 Å². The van der Waals surface area contributed by atoms with Crippen LogP contribution in [0.15, 0.2) is 18.2 Å². The molecule has 0 saturated carbocycles. The number of hydrogen-bond acceptors (Lipinski definition) is 1. The molecule has 1 nitrogen and oxygen atoms in total. The normalized spacial score (nSPS) is 12.4. The van der Waals surface area contributed by atoms with Gasteiger partial charge in [0.15, 0.2) is 0 Å². The molecule has 1 aromatic carbocycles. The summed E-state index contributed by atoms with van der Waals surface area (Å²) in [7, 11) is 1.72. The van der Waals surface area contributed by atoms with Crippen molar-refractivity contribution in [1.82, 2.24) is 0 Å². The molecule has 0 aliphatic heterocycles. The maximum absolute atomic E-state index is 5.25. The van der Waals surface area contributed by atoms with E-state index in [-0.39, 0.29) is 0 Å². The van der Waals surface area contributed by atoms with E-state index < -0.39 is 0 Å². The summed E-state index contributed by atoms with van der Waals surface area (Å²) >= 11 is 3.83. The molecule has 0 heterocycles. The fourth-order valence-corrected chi connectivity index (χ4v) is 3.22. The Morgan fingerprint density at radius 2 is 1.79 bits per heavy atom. The lowest BCUT2D eigenvalue weighted by Crippen LogP contribution is -1.95. The van der Waals surface area contributed by atoms with E-state index in [0.29, 0.717) is 4.83 Å². The van der Waals surface area contributed by atoms with Crippen LogP contribution < -0.4 is 4.74 Å². The number of rotatable bonds is 9. The maximum atomic E-state index is 5.25. The summed E-state index contributed by atoms with van der Waals surface area (Å²) in [4.78, 5) is 0.476. The second-order valence-electron chi connectivity index (χ2n) is 5.25. The fourth-order valence-electron chi connectivity index (χ4n) is 2.39. The predicted octanol–water partition coefficient (Wildman–Crippen LogP) is 6.19. The second-order valence-corrected chi connectivity index (χ2v) is 6.35. The van der Waals surface area contributed by atoms with Crippen molar-refractivity contribution in [2.24, 2.45) is 0 Å². The van der Waals surface area contributed by atoms with E-state index in [1.165, 1.54) is 56.1 Å². The molecule has 0 aromatic heterocycles. The molecule has 1 unspecified atom stereocenters. The SMILES string of the molecule is CCCCCCCCC(Br)c1ccc(OC)cc1C. The zero-order valence-corrected chi connectivity index (χ0v) is 14.1. The molecule has 0 amide bonds. The second kappa shape index (κ2) is 9.41. The number of alkyl halides is 1. The Labute approximate surface area is 126 Å². The molecule has 1 rings (SSSR count). The van der Waals surface area contributed by atoms with Gasteiger partial charge in [-0.25, -0.2) is 0 Å². The van der Waals surface area contributed by atoms with Gasteiger partial charge in [0.05, 0.1) is 7.11 Å². The van der Waals surface area contributed by atoms with Crippen LogP contribution in [0, 0.1) is 6.92 Å². The number of benzene rings is 1. The minimum Gasteiger partial charge on any atom is -0.497 e. The monoisotopic (exact) mass is 326 g/mol. The zero-order valence-electron chi connectivity index (χ0n) is 12.5. The molecule has 1 atom stereocenters. The van der Waals surface area contributed by atoms with E-state index in [0.717, 1.165) is 5.75 Å². The standard InChI is InChI=1S/C17H27BrO/c1-4-5-6-7-8-9-10-17(18)16-12-11-15(19-3)13-14(16)2/h11-13,17H,4-10H2,1-3H3. The van der Waals surface area contributed by atoms with Gasteiger partial charge in [-0.2, -0.15) is 0 Å². The van der Waals surface area contributed by atoms with Crippen molar-refractivity contribution < 1.29 is 4.74 Å². The molecule has 19 heavy (non-hydrogen) atoms. The molecule has 0 spiro atoms. The third-order valence-electron chi connectivity index (χ3n) is 3.63. The third kappa shape index (κ3) is 5.99. The zero-order chi connectivity index (χ0) is 14.1. The van der Waals surface area contributed by atoms with Gasteiger partial charge in [-0.15, -0.1) is 0 Å². The van der Waals surface area contributed by atoms with E-state index in [2.05, 4.69) is 48.0 Å². The van der Waals surface area contributed by atoms with Crippen LogP contribution in [0.1, 0.15) is 67.8 Å². The molecule has 0 fully saturated rings. The molecule has 0 N–H and O–H groups in total. The van der Waals surface area contributed by atoms with Gasteiger partial charge in [-0.1, -0.05) is 67.4 Å². The highest BCUT2D eigenvalue weighted by molar-refractivity contribution is 9.09. The average Bonchev–Trinajstić information content (AvgIpc) is 2.42. The van der Waals surface area contributed by atoms with Gasteiger partial charge >= 0.3 is 0 Å². The molecule has 1 aromatic rings. The van der Waals surface area contributed by atoms with Crippen LogP contribution in [0.3, 0.4) is 0 Å². The van der Waals surface area contributed by atoms with Crippen molar-refractivity contribution >= 4 is 15.9 Å². The quantitative estimate of drug-likeness (QED) is 0.388. The molecular formula is C17H27BrO. The van der Waals surface area contributed by atoms with Crippen molar-refractivity contribution in [1.29, 1.82) is 0 Å².